The average molecular weight is 253 g/mol. The Morgan fingerprint density at radius 1 is 1.39 bits per heavy atom. The van der Waals surface area contributed by atoms with Gasteiger partial charge in [-0.3, -0.25) is 4.79 Å². The molecule has 0 aromatic rings. The Labute approximate surface area is 110 Å². The van der Waals surface area contributed by atoms with Crippen LogP contribution in [0.25, 0.3) is 0 Å². The molecule has 4 atom stereocenters. The summed E-state index contributed by atoms with van der Waals surface area (Å²) in [5.41, 5.74) is 6.01. The fourth-order valence-corrected chi connectivity index (χ4v) is 3.26. The number of hydrogen-bond donors (Lipinski definition) is 2. The summed E-state index contributed by atoms with van der Waals surface area (Å²) in [5, 5.41) is 3.20. The maximum absolute atomic E-state index is 12.0. The highest BCUT2D eigenvalue weighted by Crippen LogP contribution is 2.27. The Hall–Kier alpha value is -0.610. The number of nitrogens with one attached hydrogen (secondary N) is 1. The second-order valence-electron chi connectivity index (χ2n) is 6.18. The Bertz CT molecular complexity index is 295. The van der Waals surface area contributed by atoms with Crippen LogP contribution in [-0.4, -0.2) is 42.5 Å². The number of nitrogens with zero attached hydrogens (tertiary/aromatic N) is 1. The number of amides is 1. The zero-order valence-corrected chi connectivity index (χ0v) is 11.7. The van der Waals surface area contributed by atoms with Crippen molar-refractivity contribution in [2.45, 2.75) is 63.6 Å². The van der Waals surface area contributed by atoms with Crippen molar-refractivity contribution < 1.29 is 4.79 Å². The number of hydrogen-bond acceptors (Lipinski definition) is 3. The SMILES string of the molecule is CC1CC(NC(=O)C[C@@H]2CCC[C@H]2N)CCN1C. The number of likely N-dealkylation sites (tertiary alicyclic amines) is 1. The zero-order valence-electron chi connectivity index (χ0n) is 11.7. The number of rotatable bonds is 3. The number of carbonyl (C=O) groups is 1. The summed E-state index contributed by atoms with van der Waals surface area (Å²) >= 11 is 0. The van der Waals surface area contributed by atoms with Crippen molar-refractivity contribution in [3.63, 3.8) is 0 Å². The van der Waals surface area contributed by atoms with E-state index >= 15 is 0 Å². The van der Waals surface area contributed by atoms with Crippen molar-refractivity contribution in [2.24, 2.45) is 11.7 Å². The van der Waals surface area contributed by atoms with Crippen LogP contribution in [-0.2, 0) is 4.79 Å². The van der Waals surface area contributed by atoms with Crippen molar-refractivity contribution in [2.75, 3.05) is 13.6 Å². The molecule has 0 radical (unpaired) electrons. The van der Waals surface area contributed by atoms with Gasteiger partial charge in [0.1, 0.15) is 0 Å². The predicted molar refractivity (Wildman–Crippen MR) is 73.2 cm³/mol. The average Bonchev–Trinajstić information content (AvgIpc) is 2.70. The summed E-state index contributed by atoms with van der Waals surface area (Å²) < 4.78 is 0. The lowest BCUT2D eigenvalue weighted by molar-refractivity contribution is -0.123. The normalized spacial score (nSPS) is 37.7. The summed E-state index contributed by atoms with van der Waals surface area (Å²) in [4.78, 5) is 14.4. The van der Waals surface area contributed by atoms with Crippen molar-refractivity contribution >= 4 is 5.91 Å². The van der Waals surface area contributed by atoms with E-state index in [0.29, 0.717) is 24.4 Å². The Morgan fingerprint density at radius 3 is 2.78 bits per heavy atom. The van der Waals surface area contributed by atoms with Gasteiger partial charge >= 0.3 is 0 Å². The van der Waals surface area contributed by atoms with Crippen molar-refractivity contribution in [1.29, 1.82) is 0 Å². The third-order valence-electron chi connectivity index (χ3n) is 4.74. The highest BCUT2D eigenvalue weighted by atomic mass is 16.1. The van der Waals surface area contributed by atoms with Crippen LogP contribution in [0.5, 0.6) is 0 Å². The van der Waals surface area contributed by atoms with Crippen LogP contribution in [0.4, 0.5) is 0 Å². The highest BCUT2D eigenvalue weighted by Gasteiger charge is 2.28. The standard InChI is InChI=1S/C14H27N3O/c1-10-8-12(6-7-17(10)2)16-14(18)9-11-4-3-5-13(11)15/h10-13H,3-9,15H2,1-2H3,(H,16,18)/t10?,11-,12?,13+/m0/s1. The molecule has 1 aliphatic carbocycles. The Kier molecular flexibility index (Phi) is 4.62. The summed E-state index contributed by atoms with van der Waals surface area (Å²) in [7, 11) is 2.15. The number of carbonyl (C=O) groups excluding carboxylic acids is 1. The number of nitrogens with two attached hydrogens (primary N) is 1. The molecule has 0 bridgehead atoms. The van der Waals surface area contributed by atoms with Crippen LogP contribution >= 0.6 is 0 Å². The first-order valence-electron chi connectivity index (χ1n) is 7.31. The summed E-state index contributed by atoms with van der Waals surface area (Å²) in [6.07, 6.45) is 6.16. The molecular weight excluding hydrogens is 226 g/mol. The van der Waals surface area contributed by atoms with Gasteiger partial charge in [-0.15, -0.1) is 0 Å². The van der Waals surface area contributed by atoms with E-state index in [1.165, 1.54) is 6.42 Å². The van der Waals surface area contributed by atoms with Gasteiger partial charge in [-0.25, -0.2) is 0 Å². The van der Waals surface area contributed by atoms with Gasteiger partial charge in [0.25, 0.3) is 0 Å². The lowest BCUT2D eigenvalue weighted by Crippen LogP contribution is -2.47. The fraction of sp³-hybridized carbons (Fsp3) is 0.929. The number of piperidine rings is 1. The summed E-state index contributed by atoms with van der Waals surface area (Å²) in [5.74, 6) is 0.618. The monoisotopic (exact) mass is 253 g/mol. The zero-order chi connectivity index (χ0) is 13.1. The van der Waals surface area contributed by atoms with Crippen molar-refractivity contribution in [3.8, 4) is 0 Å². The molecule has 2 rings (SSSR count). The first-order chi connectivity index (χ1) is 8.56. The van der Waals surface area contributed by atoms with Crippen LogP contribution in [0.2, 0.25) is 0 Å². The van der Waals surface area contributed by atoms with Gasteiger partial charge < -0.3 is 16.0 Å². The van der Waals surface area contributed by atoms with Crippen molar-refractivity contribution in [1.82, 2.24) is 10.2 Å². The first-order valence-corrected chi connectivity index (χ1v) is 7.31. The molecule has 1 amide bonds. The van der Waals surface area contributed by atoms with E-state index in [1.807, 2.05) is 0 Å². The maximum atomic E-state index is 12.0. The molecule has 1 saturated carbocycles. The molecule has 0 aromatic heterocycles. The Morgan fingerprint density at radius 2 is 2.17 bits per heavy atom. The molecule has 104 valence electrons. The van der Waals surface area contributed by atoms with Gasteiger partial charge in [0.2, 0.25) is 5.91 Å². The van der Waals surface area contributed by atoms with E-state index < -0.39 is 0 Å². The maximum Gasteiger partial charge on any atom is 0.220 e. The molecule has 4 heteroatoms. The van der Waals surface area contributed by atoms with Crippen LogP contribution < -0.4 is 11.1 Å². The van der Waals surface area contributed by atoms with Gasteiger partial charge in [-0.2, -0.15) is 0 Å². The third kappa shape index (κ3) is 3.45. The second-order valence-corrected chi connectivity index (χ2v) is 6.18. The minimum Gasteiger partial charge on any atom is -0.353 e. The molecule has 2 unspecified atom stereocenters. The molecular formula is C14H27N3O. The molecule has 1 saturated heterocycles. The summed E-state index contributed by atoms with van der Waals surface area (Å²) in [6, 6.07) is 1.17. The Balaban J connectivity index is 1.74. The lowest BCUT2D eigenvalue weighted by atomic mass is 9.96. The molecule has 0 spiro atoms. The van der Waals surface area contributed by atoms with Gasteiger partial charge in [-0.05, 0) is 45.6 Å². The quantitative estimate of drug-likeness (QED) is 0.792. The molecule has 0 aromatic carbocycles. The van der Waals surface area contributed by atoms with Crippen molar-refractivity contribution in [3.05, 3.63) is 0 Å². The summed E-state index contributed by atoms with van der Waals surface area (Å²) in [6.45, 7) is 3.31. The van der Waals surface area contributed by atoms with Crippen LogP contribution in [0.3, 0.4) is 0 Å². The third-order valence-corrected chi connectivity index (χ3v) is 4.74. The fourth-order valence-electron chi connectivity index (χ4n) is 3.26. The molecule has 1 aliphatic heterocycles. The molecule has 2 fully saturated rings. The molecule has 18 heavy (non-hydrogen) atoms. The van der Waals surface area contributed by atoms with E-state index in [4.69, 9.17) is 5.73 Å². The molecule has 1 heterocycles. The van der Waals surface area contributed by atoms with E-state index in [0.717, 1.165) is 32.2 Å². The second kappa shape index (κ2) is 6.02. The smallest absolute Gasteiger partial charge is 0.220 e. The van der Waals surface area contributed by atoms with Crippen LogP contribution in [0.1, 0.15) is 45.4 Å². The predicted octanol–water partition coefficient (Wildman–Crippen LogP) is 1.10. The molecule has 2 aliphatic rings. The lowest BCUT2D eigenvalue weighted by Gasteiger charge is -2.35. The van der Waals surface area contributed by atoms with Crippen LogP contribution in [0.15, 0.2) is 0 Å². The van der Waals surface area contributed by atoms with Gasteiger partial charge in [0, 0.05) is 31.1 Å². The van der Waals surface area contributed by atoms with Gasteiger partial charge in [-0.1, -0.05) is 6.42 Å². The minimum absolute atomic E-state index is 0.208. The van der Waals surface area contributed by atoms with E-state index in [2.05, 4.69) is 24.2 Å². The van der Waals surface area contributed by atoms with E-state index in [9.17, 15) is 4.79 Å². The van der Waals surface area contributed by atoms with Gasteiger partial charge in [0.05, 0.1) is 0 Å². The highest BCUT2D eigenvalue weighted by molar-refractivity contribution is 5.76. The van der Waals surface area contributed by atoms with E-state index in [1.54, 1.807) is 0 Å². The topological polar surface area (TPSA) is 58.4 Å². The van der Waals surface area contributed by atoms with E-state index in [-0.39, 0.29) is 11.9 Å². The molecule has 3 N–H and O–H groups in total. The largest absolute Gasteiger partial charge is 0.353 e. The van der Waals surface area contributed by atoms with Crippen LogP contribution in [0, 0.1) is 5.92 Å². The minimum atomic E-state index is 0.208. The first kappa shape index (κ1) is 13.8. The van der Waals surface area contributed by atoms with Gasteiger partial charge in [0.15, 0.2) is 0 Å². The molecule has 4 nitrogen and oxygen atoms in total.